The number of nitrogens with one attached hydrogen (secondary N) is 2. The maximum Gasteiger partial charge on any atom is 0.332 e. The van der Waals surface area contributed by atoms with Crippen LogP contribution in [0.15, 0.2) is 24.3 Å². The number of benzene rings is 1. The highest BCUT2D eigenvalue weighted by atomic mass is 19.1. The van der Waals surface area contributed by atoms with Crippen LogP contribution in [0.2, 0.25) is 0 Å². The molecule has 0 aliphatic rings. The summed E-state index contributed by atoms with van der Waals surface area (Å²) >= 11 is 0. The molecule has 0 radical (unpaired) electrons. The first-order valence-electron chi connectivity index (χ1n) is 3.44. The Morgan fingerprint density at radius 1 is 1.38 bits per heavy atom. The third kappa shape index (κ3) is 2.79. The van der Waals surface area contributed by atoms with Gasteiger partial charge in [-0.1, -0.05) is 0 Å². The molecule has 0 aliphatic carbocycles. The summed E-state index contributed by atoms with van der Waals surface area (Å²) in [7, 11) is 0. The molecule has 0 aromatic heterocycles. The number of nitriles is 1. The van der Waals surface area contributed by atoms with E-state index in [0.29, 0.717) is 5.69 Å². The van der Waals surface area contributed by atoms with Gasteiger partial charge in [-0.2, -0.15) is 5.26 Å². The first kappa shape index (κ1) is 9.00. The lowest BCUT2D eigenvalue weighted by molar-refractivity contribution is 0.255. The van der Waals surface area contributed by atoms with Crippen molar-refractivity contribution in [2.45, 2.75) is 0 Å². The number of anilines is 1. The van der Waals surface area contributed by atoms with Crippen molar-refractivity contribution < 1.29 is 9.18 Å². The van der Waals surface area contributed by atoms with Gasteiger partial charge in [-0.3, -0.25) is 0 Å². The Morgan fingerprint density at radius 3 is 2.54 bits per heavy atom. The normalized spacial score (nSPS) is 8.62. The van der Waals surface area contributed by atoms with Gasteiger partial charge in [-0.05, 0) is 24.3 Å². The minimum absolute atomic E-state index is 0.383. The lowest BCUT2D eigenvalue weighted by Gasteiger charge is -2.01. The van der Waals surface area contributed by atoms with E-state index in [2.05, 4.69) is 5.32 Å². The number of urea groups is 1. The van der Waals surface area contributed by atoms with Crippen molar-refractivity contribution in [2.24, 2.45) is 0 Å². The van der Waals surface area contributed by atoms with Crippen LogP contribution in [0.25, 0.3) is 0 Å². The number of hydrogen-bond acceptors (Lipinski definition) is 2. The van der Waals surface area contributed by atoms with Gasteiger partial charge in [-0.25, -0.2) is 14.5 Å². The predicted molar refractivity (Wildman–Crippen MR) is 44.2 cm³/mol. The summed E-state index contributed by atoms with van der Waals surface area (Å²) in [6.45, 7) is 0. The zero-order valence-electron chi connectivity index (χ0n) is 6.54. The molecule has 4 nitrogen and oxygen atoms in total. The number of carbonyl (C=O) groups is 1. The zero-order valence-corrected chi connectivity index (χ0v) is 6.54. The molecule has 0 spiro atoms. The van der Waals surface area contributed by atoms with Crippen LogP contribution in [-0.2, 0) is 0 Å². The standard InChI is InChI=1S/C8H6FN3O/c9-6-1-3-7(4-2-6)12-8(13)11-5-10/h1-4H,(H2,11,12,13). The van der Waals surface area contributed by atoms with E-state index in [-0.39, 0.29) is 5.82 Å². The molecule has 0 saturated carbocycles. The van der Waals surface area contributed by atoms with Crippen molar-refractivity contribution in [1.29, 1.82) is 5.26 Å². The molecule has 0 aliphatic heterocycles. The minimum atomic E-state index is -0.644. The number of amides is 2. The molecule has 0 fully saturated rings. The molecule has 0 atom stereocenters. The average molecular weight is 179 g/mol. The summed E-state index contributed by atoms with van der Waals surface area (Å²) in [6, 6.07) is 4.57. The molecule has 13 heavy (non-hydrogen) atoms. The number of halogens is 1. The fourth-order valence-electron chi connectivity index (χ4n) is 0.746. The number of hydrogen-bond donors (Lipinski definition) is 2. The molecular weight excluding hydrogens is 173 g/mol. The second-order valence-electron chi connectivity index (χ2n) is 2.20. The van der Waals surface area contributed by atoms with Crippen LogP contribution in [0.3, 0.4) is 0 Å². The Kier molecular flexibility index (Phi) is 2.82. The molecule has 2 amide bonds. The molecule has 0 heterocycles. The summed E-state index contributed by atoms with van der Waals surface area (Å²) in [5.41, 5.74) is 0.425. The fourth-order valence-corrected chi connectivity index (χ4v) is 0.746. The molecule has 0 bridgehead atoms. The average Bonchev–Trinajstić information content (AvgIpc) is 2.09. The highest BCUT2D eigenvalue weighted by Gasteiger charge is 1.98. The van der Waals surface area contributed by atoms with Crippen molar-refractivity contribution in [1.82, 2.24) is 5.32 Å². The van der Waals surface area contributed by atoms with Crippen molar-refractivity contribution >= 4 is 11.7 Å². The molecule has 2 N–H and O–H groups in total. The van der Waals surface area contributed by atoms with Gasteiger partial charge >= 0.3 is 6.03 Å². The van der Waals surface area contributed by atoms with E-state index >= 15 is 0 Å². The topological polar surface area (TPSA) is 64.9 Å². The third-order valence-corrected chi connectivity index (χ3v) is 1.27. The Bertz CT molecular complexity index is 341. The molecule has 5 heteroatoms. The summed E-state index contributed by atoms with van der Waals surface area (Å²) < 4.78 is 12.4. The second kappa shape index (κ2) is 4.07. The van der Waals surface area contributed by atoms with Gasteiger partial charge in [0.05, 0.1) is 0 Å². The maximum absolute atomic E-state index is 12.4. The molecule has 1 aromatic carbocycles. The predicted octanol–water partition coefficient (Wildman–Crippen LogP) is 1.43. The van der Waals surface area contributed by atoms with Gasteiger partial charge in [0.25, 0.3) is 0 Å². The van der Waals surface area contributed by atoms with Crippen LogP contribution in [0, 0.1) is 17.3 Å². The lowest BCUT2D eigenvalue weighted by atomic mass is 10.3. The van der Waals surface area contributed by atoms with Gasteiger partial charge in [0.15, 0.2) is 6.19 Å². The van der Waals surface area contributed by atoms with Gasteiger partial charge in [0.2, 0.25) is 0 Å². The van der Waals surface area contributed by atoms with Gasteiger partial charge in [0, 0.05) is 5.69 Å². The van der Waals surface area contributed by atoms with Crippen LogP contribution in [-0.4, -0.2) is 6.03 Å². The van der Waals surface area contributed by atoms with E-state index in [4.69, 9.17) is 5.26 Å². The Balaban J connectivity index is 2.60. The van der Waals surface area contributed by atoms with Crippen LogP contribution in [0.5, 0.6) is 0 Å². The summed E-state index contributed by atoms with van der Waals surface area (Å²) in [4.78, 5) is 10.8. The first-order valence-corrected chi connectivity index (χ1v) is 3.44. The maximum atomic E-state index is 12.4. The van der Waals surface area contributed by atoms with Crippen LogP contribution in [0.1, 0.15) is 0 Å². The summed E-state index contributed by atoms with van der Waals surface area (Å²) in [6.07, 6.45) is 1.46. The molecular formula is C8H6FN3O. The Morgan fingerprint density at radius 2 is 2.00 bits per heavy atom. The van der Waals surface area contributed by atoms with E-state index in [1.165, 1.54) is 30.5 Å². The van der Waals surface area contributed by atoms with Crippen molar-refractivity contribution in [2.75, 3.05) is 5.32 Å². The molecule has 0 saturated heterocycles. The van der Waals surface area contributed by atoms with Crippen LogP contribution >= 0.6 is 0 Å². The van der Waals surface area contributed by atoms with Gasteiger partial charge < -0.3 is 5.32 Å². The molecule has 0 unspecified atom stereocenters. The van der Waals surface area contributed by atoms with E-state index in [0.717, 1.165) is 0 Å². The lowest BCUT2D eigenvalue weighted by Crippen LogP contribution is -2.23. The fraction of sp³-hybridized carbons (Fsp3) is 0. The molecule has 66 valence electrons. The van der Waals surface area contributed by atoms with E-state index in [1.807, 2.05) is 5.32 Å². The van der Waals surface area contributed by atoms with E-state index in [1.54, 1.807) is 0 Å². The number of nitrogens with zero attached hydrogens (tertiary/aromatic N) is 1. The van der Waals surface area contributed by atoms with Crippen LogP contribution in [0.4, 0.5) is 14.9 Å². The smallest absolute Gasteiger partial charge is 0.307 e. The quantitative estimate of drug-likeness (QED) is 0.506. The van der Waals surface area contributed by atoms with E-state index < -0.39 is 6.03 Å². The largest absolute Gasteiger partial charge is 0.332 e. The molecule has 1 rings (SSSR count). The number of rotatable bonds is 1. The zero-order chi connectivity index (χ0) is 9.68. The van der Waals surface area contributed by atoms with Crippen molar-refractivity contribution in [3.8, 4) is 6.19 Å². The third-order valence-electron chi connectivity index (χ3n) is 1.27. The summed E-state index contributed by atoms with van der Waals surface area (Å²) in [5.74, 6) is -0.383. The highest BCUT2D eigenvalue weighted by molar-refractivity contribution is 5.90. The van der Waals surface area contributed by atoms with E-state index in [9.17, 15) is 9.18 Å². The minimum Gasteiger partial charge on any atom is -0.307 e. The van der Waals surface area contributed by atoms with Crippen molar-refractivity contribution in [3.05, 3.63) is 30.1 Å². The SMILES string of the molecule is N#CNC(=O)Nc1ccc(F)cc1. The Labute approximate surface area is 74.0 Å². The van der Waals surface area contributed by atoms with Crippen LogP contribution < -0.4 is 10.6 Å². The highest BCUT2D eigenvalue weighted by Crippen LogP contribution is 2.07. The molecule has 1 aromatic rings. The van der Waals surface area contributed by atoms with Gasteiger partial charge in [-0.15, -0.1) is 0 Å². The Hall–Kier alpha value is -2.09. The van der Waals surface area contributed by atoms with Gasteiger partial charge in [0.1, 0.15) is 5.82 Å². The second-order valence-corrected chi connectivity index (χ2v) is 2.20. The first-order chi connectivity index (χ1) is 6.22. The number of carbonyl (C=O) groups excluding carboxylic acids is 1. The summed E-state index contributed by atoms with van der Waals surface area (Å²) in [5, 5.41) is 12.3. The monoisotopic (exact) mass is 179 g/mol. The van der Waals surface area contributed by atoms with Crippen molar-refractivity contribution in [3.63, 3.8) is 0 Å².